The van der Waals surface area contributed by atoms with Crippen molar-refractivity contribution in [3.05, 3.63) is 23.4 Å². The first-order valence-electron chi connectivity index (χ1n) is 5.69. The van der Waals surface area contributed by atoms with Gasteiger partial charge in [-0.1, -0.05) is 0 Å². The van der Waals surface area contributed by atoms with Crippen LogP contribution in [0.2, 0.25) is 0 Å². The van der Waals surface area contributed by atoms with Crippen LogP contribution in [0, 0.1) is 13.8 Å². The molecule has 0 radical (unpaired) electrons. The number of hydrogen-bond acceptors (Lipinski definition) is 5. The Morgan fingerprint density at radius 3 is 2.88 bits per heavy atom. The molecule has 2 atom stereocenters. The quantitative estimate of drug-likeness (QED) is 0.760. The molecule has 2 aromatic heterocycles. The van der Waals surface area contributed by atoms with Crippen molar-refractivity contribution in [3.63, 3.8) is 0 Å². The summed E-state index contributed by atoms with van der Waals surface area (Å²) in [6, 6.07) is 1.91. The second-order valence-electron chi connectivity index (χ2n) is 4.50. The fourth-order valence-corrected chi connectivity index (χ4v) is 2.34. The smallest absolute Gasteiger partial charge is 0.164 e. The van der Waals surface area contributed by atoms with Crippen LogP contribution in [0.25, 0.3) is 5.65 Å². The van der Waals surface area contributed by atoms with E-state index in [0.29, 0.717) is 13.2 Å². The van der Waals surface area contributed by atoms with Gasteiger partial charge in [0.2, 0.25) is 0 Å². The molecule has 6 heteroatoms. The molecule has 2 aromatic rings. The van der Waals surface area contributed by atoms with Gasteiger partial charge in [0, 0.05) is 17.8 Å². The van der Waals surface area contributed by atoms with Crippen LogP contribution in [0.5, 0.6) is 0 Å². The second-order valence-corrected chi connectivity index (χ2v) is 4.50. The maximum Gasteiger partial charge on any atom is 0.164 e. The number of nitrogens with zero attached hydrogens (tertiary/aromatic N) is 4. The summed E-state index contributed by atoms with van der Waals surface area (Å²) in [6.45, 7) is 5.09. The molecule has 6 nitrogen and oxygen atoms in total. The van der Waals surface area contributed by atoms with Gasteiger partial charge in [0.15, 0.2) is 5.65 Å². The minimum atomic E-state index is -0.0110. The topological polar surface area (TPSA) is 78.3 Å². The van der Waals surface area contributed by atoms with Crippen LogP contribution < -0.4 is 5.73 Å². The lowest BCUT2D eigenvalue weighted by atomic mass is 10.0. The summed E-state index contributed by atoms with van der Waals surface area (Å²) in [6.07, 6.45) is 0. The Kier molecular flexibility index (Phi) is 2.34. The number of aryl methyl sites for hydroxylation is 2. The van der Waals surface area contributed by atoms with Gasteiger partial charge in [-0.25, -0.2) is 4.98 Å². The van der Waals surface area contributed by atoms with Crippen molar-refractivity contribution >= 4 is 5.65 Å². The molecule has 1 fully saturated rings. The predicted molar refractivity (Wildman–Crippen MR) is 61.8 cm³/mol. The summed E-state index contributed by atoms with van der Waals surface area (Å²) in [5.41, 5.74) is 7.78. The lowest BCUT2D eigenvalue weighted by Gasteiger charge is -2.12. The third kappa shape index (κ3) is 1.60. The number of rotatable bonds is 1. The molecule has 1 aliphatic heterocycles. The van der Waals surface area contributed by atoms with Gasteiger partial charge in [0.25, 0.3) is 0 Å². The van der Waals surface area contributed by atoms with Crippen molar-refractivity contribution in [3.8, 4) is 0 Å². The fraction of sp³-hybridized carbons (Fsp3) is 0.545. The van der Waals surface area contributed by atoms with Crippen molar-refractivity contribution in [2.45, 2.75) is 25.8 Å². The molecule has 0 amide bonds. The summed E-state index contributed by atoms with van der Waals surface area (Å²) >= 11 is 0. The first-order valence-corrected chi connectivity index (χ1v) is 5.69. The maximum atomic E-state index is 6.01. The minimum absolute atomic E-state index is 0.0110. The summed E-state index contributed by atoms with van der Waals surface area (Å²) < 4.78 is 7.34. The highest BCUT2D eigenvalue weighted by molar-refractivity contribution is 5.40. The molecule has 3 rings (SSSR count). The monoisotopic (exact) mass is 233 g/mol. The van der Waals surface area contributed by atoms with Gasteiger partial charge in [-0.15, -0.1) is 10.2 Å². The molecular weight excluding hydrogens is 218 g/mol. The Morgan fingerprint density at radius 2 is 2.18 bits per heavy atom. The van der Waals surface area contributed by atoms with E-state index in [-0.39, 0.29) is 12.0 Å². The first-order chi connectivity index (χ1) is 8.16. The largest absolute Gasteiger partial charge is 0.379 e. The van der Waals surface area contributed by atoms with Crippen LogP contribution in [0.1, 0.15) is 23.3 Å². The molecule has 0 aliphatic carbocycles. The standard InChI is InChI=1S/C11H15N5O/c1-6-3-10-14-15-11(16(10)7(2)13-6)8-4-17-5-9(8)12/h3,8-9H,4-5,12H2,1-2H3. The van der Waals surface area contributed by atoms with Crippen LogP contribution in [0.15, 0.2) is 6.07 Å². The van der Waals surface area contributed by atoms with Crippen molar-refractivity contribution in [2.24, 2.45) is 5.73 Å². The van der Waals surface area contributed by atoms with Gasteiger partial charge < -0.3 is 10.5 Å². The van der Waals surface area contributed by atoms with Crippen molar-refractivity contribution in [1.82, 2.24) is 19.6 Å². The molecule has 0 spiro atoms. The molecule has 17 heavy (non-hydrogen) atoms. The average Bonchev–Trinajstić information content (AvgIpc) is 2.83. The average molecular weight is 233 g/mol. The number of fused-ring (bicyclic) bond motifs is 1. The Hall–Kier alpha value is -1.53. The van der Waals surface area contributed by atoms with Crippen molar-refractivity contribution in [2.75, 3.05) is 13.2 Å². The number of ether oxygens (including phenoxy) is 1. The maximum absolute atomic E-state index is 6.01. The van der Waals surface area contributed by atoms with Gasteiger partial charge in [-0.2, -0.15) is 0 Å². The molecule has 2 N–H and O–H groups in total. The second kappa shape index (κ2) is 3.75. The van der Waals surface area contributed by atoms with E-state index in [1.165, 1.54) is 0 Å². The van der Waals surface area contributed by atoms with Gasteiger partial charge >= 0.3 is 0 Å². The minimum Gasteiger partial charge on any atom is -0.379 e. The summed E-state index contributed by atoms with van der Waals surface area (Å²) in [7, 11) is 0. The molecule has 0 aromatic carbocycles. The SMILES string of the molecule is Cc1cc2nnc(C3COCC3N)n2c(C)n1. The fourth-order valence-electron chi connectivity index (χ4n) is 2.34. The highest BCUT2D eigenvalue weighted by Crippen LogP contribution is 2.24. The Bertz CT molecular complexity index is 564. The third-order valence-corrected chi connectivity index (χ3v) is 3.17. The van der Waals surface area contributed by atoms with Gasteiger partial charge in [0.05, 0.1) is 19.1 Å². The number of aromatic nitrogens is 4. The molecule has 90 valence electrons. The lowest BCUT2D eigenvalue weighted by Crippen LogP contribution is -2.28. The Labute approximate surface area is 98.8 Å². The van der Waals surface area contributed by atoms with Gasteiger partial charge in [-0.3, -0.25) is 4.40 Å². The molecule has 0 bridgehead atoms. The van der Waals surface area contributed by atoms with E-state index in [1.54, 1.807) is 0 Å². The molecule has 2 unspecified atom stereocenters. The Morgan fingerprint density at radius 1 is 1.35 bits per heavy atom. The lowest BCUT2D eigenvalue weighted by molar-refractivity contribution is 0.190. The first kappa shape index (κ1) is 10.6. The molecular formula is C11H15N5O. The van der Waals surface area contributed by atoms with E-state index < -0.39 is 0 Å². The van der Waals surface area contributed by atoms with Crippen LogP contribution in [-0.4, -0.2) is 38.8 Å². The number of nitrogens with two attached hydrogens (primary N) is 1. The molecule has 1 saturated heterocycles. The predicted octanol–water partition coefficient (Wildman–Crippen LogP) is 0.182. The van der Waals surface area contributed by atoms with Gasteiger partial charge in [-0.05, 0) is 13.8 Å². The zero-order chi connectivity index (χ0) is 12.0. The van der Waals surface area contributed by atoms with Crippen LogP contribution in [-0.2, 0) is 4.74 Å². The third-order valence-electron chi connectivity index (χ3n) is 3.17. The molecule has 1 aliphatic rings. The Balaban J connectivity index is 2.17. The summed E-state index contributed by atoms with van der Waals surface area (Å²) in [5, 5.41) is 8.42. The van der Waals surface area contributed by atoms with Crippen molar-refractivity contribution < 1.29 is 4.74 Å². The zero-order valence-corrected chi connectivity index (χ0v) is 9.92. The normalized spacial score (nSPS) is 24.6. The summed E-state index contributed by atoms with van der Waals surface area (Å²) in [4.78, 5) is 4.43. The van der Waals surface area contributed by atoms with Crippen LogP contribution in [0.4, 0.5) is 0 Å². The van der Waals surface area contributed by atoms with E-state index in [1.807, 2.05) is 24.3 Å². The number of hydrogen-bond donors (Lipinski definition) is 1. The molecule has 3 heterocycles. The van der Waals surface area contributed by atoms with E-state index in [0.717, 1.165) is 23.0 Å². The van der Waals surface area contributed by atoms with Crippen molar-refractivity contribution in [1.29, 1.82) is 0 Å². The van der Waals surface area contributed by atoms with Crippen LogP contribution >= 0.6 is 0 Å². The van der Waals surface area contributed by atoms with Crippen LogP contribution in [0.3, 0.4) is 0 Å². The highest BCUT2D eigenvalue weighted by Gasteiger charge is 2.30. The van der Waals surface area contributed by atoms with E-state index in [2.05, 4.69) is 15.2 Å². The highest BCUT2D eigenvalue weighted by atomic mass is 16.5. The zero-order valence-electron chi connectivity index (χ0n) is 9.92. The van der Waals surface area contributed by atoms with E-state index in [9.17, 15) is 0 Å². The summed E-state index contributed by atoms with van der Waals surface area (Å²) in [5.74, 6) is 1.85. The van der Waals surface area contributed by atoms with Gasteiger partial charge in [0.1, 0.15) is 11.6 Å². The van der Waals surface area contributed by atoms with E-state index >= 15 is 0 Å². The molecule has 0 saturated carbocycles. The van der Waals surface area contributed by atoms with E-state index in [4.69, 9.17) is 10.5 Å².